The topological polar surface area (TPSA) is 46.5 Å². The fraction of sp³-hybridized carbons (Fsp3) is 0.462. The Morgan fingerprint density at radius 1 is 1.53 bits per heavy atom. The van der Waals surface area contributed by atoms with E-state index in [1.165, 1.54) is 6.07 Å². The Kier molecular flexibility index (Phi) is 3.43. The molecule has 2 rings (SSSR count). The van der Waals surface area contributed by atoms with E-state index >= 15 is 0 Å². The lowest BCUT2D eigenvalue weighted by Gasteiger charge is -2.27. The van der Waals surface area contributed by atoms with Crippen molar-refractivity contribution in [1.82, 2.24) is 0 Å². The molecule has 0 saturated carbocycles. The molecule has 0 aliphatic heterocycles. The summed E-state index contributed by atoms with van der Waals surface area (Å²) in [6, 6.07) is 4.52. The zero-order chi connectivity index (χ0) is 12.4. The van der Waals surface area contributed by atoms with Crippen LogP contribution in [0.15, 0.2) is 18.2 Å². The van der Waals surface area contributed by atoms with Crippen LogP contribution in [0.5, 0.6) is 0 Å². The van der Waals surface area contributed by atoms with Crippen LogP contribution < -0.4 is 0 Å². The second-order valence-electron chi connectivity index (χ2n) is 4.14. The first-order valence-electron chi connectivity index (χ1n) is 5.78. The monoisotopic (exact) mass is 238 g/mol. The van der Waals surface area contributed by atoms with Gasteiger partial charge in [-0.15, -0.1) is 0 Å². The van der Waals surface area contributed by atoms with Crippen LogP contribution in [-0.2, 0) is 9.53 Å². The van der Waals surface area contributed by atoms with Gasteiger partial charge in [-0.2, -0.15) is 0 Å². The van der Waals surface area contributed by atoms with E-state index in [1.807, 2.05) is 0 Å². The molecule has 1 aromatic carbocycles. The van der Waals surface area contributed by atoms with Crippen molar-refractivity contribution in [3.8, 4) is 0 Å². The molecule has 0 bridgehead atoms. The number of esters is 1. The highest BCUT2D eigenvalue weighted by Gasteiger charge is 2.33. The molecule has 3 nitrogen and oxygen atoms in total. The number of rotatable bonds is 2. The zero-order valence-electron chi connectivity index (χ0n) is 9.65. The van der Waals surface area contributed by atoms with Gasteiger partial charge in [0.2, 0.25) is 0 Å². The molecule has 0 radical (unpaired) electrons. The van der Waals surface area contributed by atoms with Crippen LogP contribution in [0, 0.1) is 5.82 Å². The maximum absolute atomic E-state index is 13.8. The molecule has 1 aromatic rings. The number of fused-ring (bicyclic) bond motifs is 1. The van der Waals surface area contributed by atoms with E-state index < -0.39 is 23.8 Å². The summed E-state index contributed by atoms with van der Waals surface area (Å²) < 4.78 is 18.7. The van der Waals surface area contributed by atoms with Crippen LogP contribution in [0.4, 0.5) is 4.39 Å². The van der Waals surface area contributed by atoms with E-state index in [9.17, 15) is 14.3 Å². The third-order valence-corrected chi connectivity index (χ3v) is 3.09. The molecule has 1 aliphatic rings. The van der Waals surface area contributed by atoms with E-state index in [-0.39, 0.29) is 6.61 Å². The second-order valence-corrected chi connectivity index (χ2v) is 4.14. The van der Waals surface area contributed by atoms with E-state index in [0.29, 0.717) is 24.0 Å². The Morgan fingerprint density at radius 2 is 2.29 bits per heavy atom. The first-order chi connectivity index (χ1) is 8.15. The lowest BCUT2D eigenvalue weighted by Crippen LogP contribution is -2.24. The molecule has 2 unspecified atom stereocenters. The lowest BCUT2D eigenvalue weighted by atomic mass is 9.81. The third-order valence-electron chi connectivity index (χ3n) is 3.09. The number of hydrogen-bond acceptors (Lipinski definition) is 3. The Bertz CT molecular complexity index is 431. The average molecular weight is 238 g/mol. The first-order valence-corrected chi connectivity index (χ1v) is 5.78. The summed E-state index contributed by atoms with van der Waals surface area (Å²) >= 11 is 0. The summed E-state index contributed by atoms with van der Waals surface area (Å²) in [6.45, 7) is 2.00. The smallest absolute Gasteiger partial charge is 0.313 e. The van der Waals surface area contributed by atoms with Crippen LogP contribution in [0.25, 0.3) is 0 Å². The van der Waals surface area contributed by atoms with Gasteiger partial charge in [0.15, 0.2) is 0 Å². The van der Waals surface area contributed by atoms with Gasteiger partial charge in [0.05, 0.1) is 18.6 Å². The molecule has 1 N–H and O–H groups in total. The summed E-state index contributed by atoms with van der Waals surface area (Å²) in [7, 11) is 0. The lowest BCUT2D eigenvalue weighted by molar-refractivity contribution is -0.145. The van der Waals surface area contributed by atoms with Crippen molar-refractivity contribution < 1.29 is 19.0 Å². The number of halogens is 1. The average Bonchev–Trinajstić information content (AvgIpc) is 2.31. The molecule has 0 spiro atoms. The van der Waals surface area contributed by atoms with Crippen LogP contribution in [-0.4, -0.2) is 17.7 Å². The molecule has 0 aromatic heterocycles. The molecule has 92 valence electrons. The predicted molar refractivity (Wildman–Crippen MR) is 60.0 cm³/mol. The fourth-order valence-corrected chi connectivity index (χ4v) is 2.31. The molecular formula is C13H15FO3. The van der Waals surface area contributed by atoms with E-state index in [0.717, 1.165) is 0 Å². The molecule has 0 fully saturated rings. The highest BCUT2D eigenvalue weighted by Crippen LogP contribution is 2.39. The van der Waals surface area contributed by atoms with Gasteiger partial charge in [0.1, 0.15) is 5.82 Å². The van der Waals surface area contributed by atoms with E-state index in [2.05, 4.69) is 0 Å². The van der Waals surface area contributed by atoms with Crippen molar-refractivity contribution in [2.75, 3.05) is 6.61 Å². The summed E-state index contributed by atoms with van der Waals surface area (Å²) in [5.41, 5.74) is 0.805. The van der Waals surface area contributed by atoms with E-state index in [4.69, 9.17) is 4.74 Å². The molecule has 17 heavy (non-hydrogen) atoms. The third kappa shape index (κ3) is 2.17. The second kappa shape index (κ2) is 4.84. The van der Waals surface area contributed by atoms with Gasteiger partial charge in [-0.25, -0.2) is 4.39 Å². The van der Waals surface area contributed by atoms with Crippen molar-refractivity contribution in [2.45, 2.75) is 31.8 Å². The number of ether oxygens (including phenoxy) is 1. The van der Waals surface area contributed by atoms with Crippen molar-refractivity contribution >= 4 is 5.97 Å². The molecule has 0 saturated heterocycles. The number of carbonyl (C=O) groups is 1. The van der Waals surface area contributed by atoms with Crippen molar-refractivity contribution in [3.63, 3.8) is 0 Å². The minimum absolute atomic E-state index is 0.279. The molecule has 4 heteroatoms. The minimum Gasteiger partial charge on any atom is -0.466 e. The van der Waals surface area contributed by atoms with Gasteiger partial charge in [-0.3, -0.25) is 4.79 Å². The highest BCUT2D eigenvalue weighted by molar-refractivity contribution is 5.79. The molecule has 0 amide bonds. The Morgan fingerprint density at radius 3 is 3.00 bits per heavy atom. The molecule has 0 heterocycles. The van der Waals surface area contributed by atoms with Crippen molar-refractivity contribution in [1.29, 1.82) is 0 Å². The number of aliphatic hydroxyl groups excluding tert-OH is 1. The van der Waals surface area contributed by atoms with E-state index in [1.54, 1.807) is 19.1 Å². The van der Waals surface area contributed by atoms with Gasteiger partial charge in [0.25, 0.3) is 0 Å². The normalized spacial score (nSPS) is 23.0. The first kappa shape index (κ1) is 12.0. The van der Waals surface area contributed by atoms with Crippen LogP contribution in [0.2, 0.25) is 0 Å². The van der Waals surface area contributed by atoms with Crippen molar-refractivity contribution in [3.05, 3.63) is 35.1 Å². The highest BCUT2D eigenvalue weighted by atomic mass is 19.1. The Hall–Kier alpha value is -1.42. The standard InChI is InChI=1S/C13H15FO3/c1-2-17-13(16)9-6-7-11(15)8-4-3-5-10(14)12(8)9/h3-5,9,11,15H,2,6-7H2,1H3. The minimum atomic E-state index is -0.689. The summed E-state index contributed by atoms with van der Waals surface area (Å²) in [5.74, 6) is -1.44. The summed E-state index contributed by atoms with van der Waals surface area (Å²) in [4.78, 5) is 11.7. The largest absolute Gasteiger partial charge is 0.466 e. The zero-order valence-corrected chi connectivity index (χ0v) is 9.65. The maximum Gasteiger partial charge on any atom is 0.313 e. The molecule has 1 aliphatic carbocycles. The van der Waals surface area contributed by atoms with Crippen LogP contribution >= 0.6 is 0 Å². The number of benzene rings is 1. The van der Waals surface area contributed by atoms with Crippen LogP contribution in [0.1, 0.15) is 42.9 Å². The number of hydrogen-bond donors (Lipinski definition) is 1. The predicted octanol–water partition coefficient (Wildman–Crippen LogP) is 2.30. The Labute approximate surface area is 99.2 Å². The summed E-state index contributed by atoms with van der Waals surface area (Å²) in [5, 5.41) is 9.80. The van der Waals surface area contributed by atoms with Crippen LogP contribution in [0.3, 0.4) is 0 Å². The number of aliphatic hydroxyl groups is 1. The van der Waals surface area contributed by atoms with Gasteiger partial charge in [0, 0.05) is 5.56 Å². The fourth-order valence-electron chi connectivity index (χ4n) is 2.31. The number of carbonyl (C=O) groups excluding carboxylic acids is 1. The van der Waals surface area contributed by atoms with Gasteiger partial charge in [-0.05, 0) is 31.4 Å². The SMILES string of the molecule is CCOC(=O)C1CCC(O)c2cccc(F)c21. The van der Waals surface area contributed by atoms with Crippen molar-refractivity contribution in [2.24, 2.45) is 0 Å². The Balaban J connectivity index is 2.41. The van der Waals surface area contributed by atoms with Gasteiger partial charge in [-0.1, -0.05) is 12.1 Å². The quantitative estimate of drug-likeness (QED) is 0.804. The summed E-state index contributed by atoms with van der Waals surface area (Å²) in [6.07, 6.45) is 0.194. The molecular weight excluding hydrogens is 223 g/mol. The molecule has 2 atom stereocenters. The maximum atomic E-state index is 13.8. The van der Waals surface area contributed by atoms with Gasteiger partial charge >= 0.3 is 5.97 Å². The van der Waals surface area contributed by atoms with Gasteiger partial charge < -0.3 is 9.84 Å².